The molecule has 1 amide bonds. The highest BCUT2D eigenvalue weighted by Gasteiger charge is 2.31. The van der Waals surface area contributed by atoms with E-state index in [0.29, 0.717) is 43.4 Å². The fourth-order valence-electron chi connectivity index (χ4n) is 3.23. The highest BCUT2D eigenvalue weighted by atomic mass is 32.2. The SMILES string of the molecule is COc1ccc(S(=O)(=O)N2CCn3nnc(CCC(=O)NC4CC4)c3C2)cc1. The van der Waals surface area contributed by atoms with E-state index in [2.05, 4.69) is 15.6 Å². The summed E-state index contributed by atoms with van der Waals surface area (Å²) in [6, 6.07) is 6.67. The number of aromatic nitrogens is 3. The molecule has 0 unspecified atom stereocenters. The third-order valence-corrected chi connectivity index (χ3v) is 6.89. The molecule has 1 aliphatic heterocycles. The Hall–Kier alpha value is -2.46. The predicted octanol–water partition coefficient (Wildman–Crippen LogP) is 0.702. The van der Waals surface area contributed by atoms with Gasteiger partial charge in [-0.25, -0.2) is 13.1 Å². The van der Waals surface area contributed by atoms with Crippen molar-refractivity contribution in [1.82, 2.24) is 24.6 Å². The maximum absolute atomic E-state index is 13.0. The first-order chi connectivity index (χ1) is 13.5. The number of benzene rings is 1. The van der Waals surface area contributed by atoms with Crippen molar-refractivity contribution in [3.63, 3.8) is 0 Å². The molecule has 2 aliphatic rings. The fourth-order valence-corrected chi connectivity index (χ4v) is 4.62. The Bertz CT molecular complexity index is 966. The monoisotopic (exact) mass is 405 g/mol. The maximum Gasteiger partial charge on any atom is 0.243 e. The van der Waals surface area contributed by atoms with Crippen LogP contribution in [0.1, 0.15) is 30.7 Å². The van der Waals surface area contributed by atoms with E-state index >= 15 is 0 Å². The van der Waals surface area contributed by atoms with Crippen LogP contribution in [-0.2, 0) is 34.3 Å². The van der Waals surface area contributed by atoms with E-state index in [0.717, 1.165) is 18.5 Å². The summed E-state index contributed by atoms with van der Waals surface area (Å²) in [7, 11) is -2.10. The van der Waals surface area contributed by atoms with Crippen LogP contribution in [0.4, 0.5) is 0 Å². The normalized spacial score (nSPS) is 17.2. The van der Waals surface area contributed by atoms with Gasteiger partial charge in [-0.05, 0) is 37.1 Å². The van der Waals surface area contributed by atoms with Crippen molar-refractivity contribution in [3.8, 4) is 5.75 Å². The van der Waals surface area contributed by atoms with Crippen molar-refractivity contribution < 1.29 is 17.9 Å². The lowest BCUT2D eigenvalue weighted by atomic mass is 10.1. The van der Waals surface area contributed by atoms with Gasteiger partial charge in [0.15, 0.2) is 0 Å². The van der Waals surface area contributed by atoms with E-state index < -0.39 is 10.0 Å². The molecule has 0 bridgehead atoms. The minimum absolute atomic E-state index is 0.00256. The Labute approximate surface area is 163 Å². The average molecular weight is 405 g/mol. The van der Waals surface area contributed by atoms with Gasteiger partial charge >= 0.3 is 0 Å². The van der Waals surface area contributed by atoms with Crippen LogP contribution < -0.4 is 10.1 Å². The lowest BCUT2D eigenvalue weighted by molar-refractivity contribution is -0.121. The van der Waals surface area contributed by atoms with Crippen molar-refractivity contribution in [2.75, 3.05) is 13.7 Å². The standard InChI is InChI=1S/C18H23N5O4S/c1-27-14-4-6-15(7-5-14)28(25,26)22-10-11-23-17(12-22)16(20-21-23)8-9-18(24)19-13-2-3-13/h4-7,13H,2-3,8-12H2,1H3,(H,19,24). The van der Waals surface area contributed by atoms with Gasteiger partial charge in [-0.1, -0.05) is 5.21 Å². The number of nitrogens with one attached hydrogen (secondary N) is 1. The van der Waals surface area contributed by atoms with Gasteiger partial charge in [0.05, 0.1) is 36.5 Å². The lowest BCUT2D eigenvalue weighted by Gasteiger charge is -2.27. The van der Waals surface area contributed by atoms with Gasteiger partial charge in [0.1, 0.15) is 5.75 Å². The summed E-state index contributed by atoms with van der Waals surface area (Å²) < 4.78 is 34.2. The van der Waals surface area contributed by atoms with Gasteiger partial charge in [0, 0.05) is 25.4 Å². The smallest absolute Gasteiger partial charge is 0.243 e. The maximum atomic E-state index is 13.0. The molecule has 4 rings (SSSR count). The Morgan fingerprint density at radius 3 is 2.68 bits per heavy atom. The molecule has 9 nitrogen and oxygen atoms in total. The third kappa shape index (κ3) is 3.88. The number of aryl methyl sites for hydroxylation is 1. The number of hydrogen-bond donors (Lipinski definition) is 1. The first-order valence-electron chi connectivity index (χ1n) is 9.32. The van der Waals surface area contributed by atoms with Crippen LogP contribution >= 0.6 is 0 Å². The summed E-state index contributed by atoms with van der Waals surface area (Å²) in [6.45, 7) is 0.958. The number of nitrogens with zero attached hydrogens (tertiary/aromatic N) is 4. The zero-order valence-electron chi connectivity index (χ0n) is 15.7. The molecule has 1 fully saturated rings. The second-order valence-electron chi connectivity index (χ2n) is 7.06. The van der Waals surface area contributed by atoms with Gasteiger partial charge in [-0.15, -0.1) is 5.10 Å². The first kappa shape index (κ1) is 18.9. The van der Waals surface area contributed by atoms with Gasteiger partial charge in [-0.3, -0.25) is 4.79 Å². The number of carbonyl (C=O) groups is 1. The summed E-state index contributed by atoms with van der Waals surface area (Å²) in [5, 5.41) is 11.2. The third-order valence-electron chi connectivity index (χ3n) is 5.03. The van der Waals surface area contributed by atoms with E-state index in [-0.39, 0.29) is 17.3 Å². The van der Waals surface area contributed by atoms with Crippen LogP contribution in [0.5, 0.6) is 5.75 Å². The highest BCUT2D eigenvalue weighted by molar-refractivity contribution is 7.89. The lowest BCUT2D eigenvalue weighted by Crippen LogP contribution is -2.38. The number of carbonyl (C=O) groups excluding carboxylic acids is 1. The summed E-state index contributed by atoms with van der Waals surface area (Å²) >= 11 is 0. The molecule has 1 aromatic carbocycles. The van der Waals surface area contributed by atoms with Crippen molar-refractivity contribution in [1.29, 1.82) is 0 Å². The molecule has 1 aliphatic carbocycles. The van der Waals surface area contributed by atoms with Gasteiger partial charge in [0.25, 0.3) is 0 Å². The summed E-state index contributed by atoms with van der Waals surface area (Å²) in [4.78, 5) is 12.2. The largest absolute Gasteiger partial charge is 0.497 e. The average Bonchev–Trinajstić information content (AvgIpc) is 3.42. The molecular formula is C18H23N5O4S. The molecule has 0 atom stereocenters. The molecule has 28 heavy (non-hydrogen) atoms. The number of hydrogen-bond acceptors (Lipinski definition) is 6. The van der Waals surface area contributed by atoms with Crippen LogP contribution in [-0.4, -0.2) is 53.3 Å². The van der Waals surface area contributed by atoms with E-state index in [1.54, 1.807) is 28.9 Å². The van der Waals surface area contributed by atoms with Crippen LogP contribution in [0.15, 0.2) is 29.2 Å². The minimum atomic E-state index is -3.63. The van der Waals surface area contributed by atoms with Crippen LogP contribution in [0.3, 0.4) is 0 Å². The second-order valence-corrected chi connectivity index (χ2v) is 9.00. The van der Waals surface area contributed by atoms with Gasteiger partial charge in [0.2, 0.25) is 15.9 Å². The zero-order valence-corrected chi connectivity index (χ0v) is 16.5. The Balaban J connectivity index is 1.47. The number of fused-ring (bicyclic) bond motifs is 1. The molecule has 0 saturated heterocycles. The quantitative estimate of drug-likeness (QED) is 0.727. The minimum Gasteiger partial charge on any atom is -0.497 e. The van der Waals surface area contributed by atoms with Crippen LogP contribution in [0.25, 0.3) is 0 Å². The Morgan fingerprint density at radius 2 is 2.00 bits per heavy atom. The van der Waals surface area contributed by atoms with E-state index in [1.165, 1.54) is 11.4 Å². The first-order valence-corrected chi connectivity index (χ1v) is 10.8. The van der Waals surface area contributed by atoms with Crippen LogP contribution in [0.2, 0.25) is 0 Å². The summed E-state index contributed by atoms with van der Waals surface area (Å²) in [5.41, 5.74) is 1.43. The molecular weight excluding hydrogens is 382 g/mol. The number of methoxy groups -OCH3 is 1. The van der Waals surface area contributed by atoms with E-state index in [9.17, 15) is 13.2 Å². The highest BCUT2D eigenvalue weighted by Crippen LogP contribution is 2.25. The van der Waals surface area contributed by atoms with Crippen molar-refractivity contribution >= 4 is 15.9 Å². The molecule has 0 spiro atoms. The summed E-state index contributed by atoms with van der Waals surface area (Å²) in [6.07, 6.45) is 2.87. The van der Waals surface area contributed by atoms with Gasteiger partial charge in [-0.2, -0.15) is 4.31 Å². The van der Waals surface area contributed by atoms with Crippen molar-refractivity contribution in [2.45, 2.75) is 49.7 Å². The number of ether oxygens (including phenoxy) is 1. The second kappa shape index (κ2) is 7.51. The Morgan fingerprint density at radius 1 is 1.25 bits per heavy atom. The van der Waals surface area contributed by atoms with E-state index in [4.69, 9.17) is 4.74 Å². The molecule has 0 radical (unpaired) electrons. The number of amides is 1. The molecule has 150 valence electrons. The Kier molecular flexibility index (Phi) is 5.07. The van der Waals surface area contributed by atoms with Crippen LogP contribution in [0, 0.1) is 0 Å². The zero-order chi connectivity index (χ0) is 19.7. The molecule has 1 aromatic heterocycles. The predicted molar refractivity (Wildman–Crippen MR) is 100 cm³/mol. The molecule has 10 heteroatoms. The molecule has 1 N–H and O–H groups in total. The molecule has 1 saturated carbocycles. The molecule has 2 heterocycles. The number of sulfonamides is 1. The number of rotatable bonds is 7. The topological polar surface area (TPSA) is 106 Å². The van der Waals surface area contributed by atoms with Gasteiger partial charge < -0.3 is 10.1 Å². The van der Waals surface area contributed by atoms with Crippen molar-refractivity contribution in [3.05, 3.63) is 35.7 Å². The molecule has 2 aromatic rings. The van der Waals surface area contributed by atoms with E-state index in [1.807, 2.05) is 0 Å². The van der Waals surface area contributed by atoms with Crippen molar-refractivity contribution in [2.24, 2.45) is 0 Å². The fraction of sp³-hybridized carbons (Fsp3) is 0.500. The summed E-state index contributed by atoms with van der Waals surface area (Å²) in [5.74, 6) is 0.606.